The van der Waals surface area contributed by atoms with Crippen LogP contribution < -0.4 is 0 Å². The highest BCUT2D eigenvalue weighted by Crippen LogP contribution is 2.54. The van der Waals surface area contributed by atoms with Crippen LogP contribution in [0.3, 0.4) is 0 Å². The van der Waals surface area contributed by atoms with Crippen molar-refractivity contribution in [2.24, 2.45) is 0 Å². The molecule has 0 saturated carbocycles. The smallest absolute Gasteiger partial charge is 0.0457 e. The van der Waals surface area contributed by atoms with Gasteiger partial charge in [0.25, 0.3) is 0 Å². The Balaban J connectivity index is 1.69. The highest BCUT2D eigenvalue weighted by molar-refractivity contribution is 6.30. The van der Waals surface area contributed by atoms with Crippen LogP contribution in [0.2, 0.25) is 5.02 Å². The fourth-order valence-electron chi connectivity index (χ4n) is 6.63. The number of fused-ring (bicyclic) bond motifs is 5. The van der Waals surface area contributed by atoms with E-state index < -0.39 is 0 Å². The number of rotatable bonds is 2. The summed E-state index contributed by atoms with van der Waals surface area (Å²) in [5.41, 5.74) is 12.9. The molecule has 0 aromatic heterocycles. The van der Waals surface area contributed by atoms with E-state index in [9.17, 15) is 0 Å². The molecule has 4 aromatic carbocycles. The largest absolute Gasteiger partial charge is 0.0843 e. The van der Waals surface area contributed by atoms with E-state index in [1.165, 1.54) is 45.4 Å². The van der Waals surface area contributed by atoms with Crippen molar-refractivity contribution >= 4 is 11.6 Å². The Morgan fingerprint density at radius 3 is 2.45 bits per heavy atom. The molecule has 1 heteroatoms. The summed E-state index contributed by atoms with van der Waals surface area (Å²) in [6.07, 6.45) is 4.52. The zero-order chi connectivity index (χ0) is 22.6. The molecule has 0 aliphatic heterocycles. The SMILES string of the molecule is Cc1ccccc1C1(c2cccc(Cl)c2)CCC(C)c2c1ccc1c2CCc2ccccc2-1. The number of benzene rings is 4. The number of halogens is 1. The molecular weight excluding hydrogens is 420 g/mol. The summed E-state index contributed by atoms with van der Waals surface area (Å²) in [5.74, 6) is 0.552. The molecule has 2 unspecified atom stereocenters. The minimum absolute atomic E-state index is 0.177. The van der Waals surface area contributed by atoms with Crippen molar-refractivity contribution in [2.75, 3.05) is 0 Å². The molecule has 0 saturated heterocycles. The molecule has 0 N–H and O–H groups in total. The third kappa shape index (κ3) is 3.11. The Bertz CT molecular complexity index is 1360. The lowest BCUT2D eigenvalue weighted by Gasteiger charge is -2.45. The van der Waals surface area contributed by atoms with Crippen LogP contribution in [-0.2, 0) is 18.3 Å². The maximum atomic E-state index is 6.58. The summed E-state index contributed by atoms with van der Waals surface area (Å²) in [6.45, 7) is 4.69. The van der Waals surface area contributed by atoms with Crippen molar-refractivity contribution in [3.8, 4) is 11.1 Å². The van der Waals surface area contributed by atoms with E-state index >= 15 is 0 Å². The van der Waals surface area contributed by atoms with Crippen LogP contribution in [0.1, 0.15) is 64.6 Å². The summed E-state index contributed by atoms with van der Waals surface area (Å²) in [7, 11) is 0. The first-order valence-electron chi connectivity index (χ1n) is 12.2. The second-order valence-corrected chi connectivity index (χ2v) is 10.3. The highest BCUT2D eigenvalue weighted by Gasteiger charge is 2.44. The van der Waals surface area contributed by atoms with Gasteiger partial charge in [-0.25, -0.2) is 0 Å². The van der Waals surface area contributed by atoms with Crippen molar-refractivity contribution < 1.29 is 0 Å². The van der Waals surface area contributed by atoms with Crippen molar-refractivity contribution in [3.63, 3.8) is 0 Å². The Labute approximate surface area is 202 Å². The van der Waals surface area contributed by atoms with Gasteiger partial charge < -0.3 is 0 Å². The predicted molar refractivity (Wildman–Crippen MR) is 139 cm³/mol. The fourth-order valence-corrected chi connectivity index (χ4v) is 6.83. The molecule has 0 bridgehead atoms. The van der Waals surface area contributed by atoms with Crippen molar-refractivity contribution in [1.29, 1.82) is 0 Å². The third-order valence-electron chi connectivity index (χ3n) is 8.14. The normalized spacial score (nSPS) is 21.1. The van der Waals surface area contributed by atoms with Gasteiger partial charge in [0, 0.05) is 10.4 Å². The van der Waals surface area contributed by atoms with Crippen molar-refractivity contribution in [3.05, 3.63) is 129 Å². The zero-order valence-electron chi connectivity index (χ0n) is 19.4. The molecule has 33 heavy (non-hydrogen) atoms. The summed E-state index contributed by atoms with van der Waals surface area (Å²) in [6, 6.07) is 31.3. The average Bonchev–Trinajstić information content (AvgIpc) is 2.84. The standard InChI is InChI=1S/C32H29Cl/c1-21-8-3-6-13-29(21)32(24-10-7-11-25(33)20-24)19-18-22(2)31-28-15-14-23-9-4-5-12-26(23)27(28)16-17-30(31)32/h3-13,16-17,20,22H,14-15,18-19H2,1-2H3. The summed E-state index contributed by atoms with van der Waals surface area (Å²) in [4.78, 5) is 0. The highest BCUT2D eigenvalue weighted by atomic mass is 35.5. The van der Waals surface area contributed by atoms with Crippen molar-refractivity contribution in [1.82, 2.24) is 0 Å². The molecule has 2 aliphatic carbocycles. The maximum absolute atomic E-state index is 6.58. The Morgan fingerprint density at radius 1 is 0.788 bits per heavy atom. The first kappa shape index (κ1) is 20.8. The molecule has 6 rings (SSSR count). The van der Waals surface area contributed by atoms with Gasteiger partial charge in [0.1, 0.15) is 0 Å². The zero-order valence-corrected chi connectivity index (χ0v) is 20.1. The first-order chi connectivity index (χ1) is 16.1. The summed E-state index contributed by atoms with van der Waals surface area (Å²) in [5, 5.41) is 0.813. The molecule has 0 spiro atoms. The van der Waals surface area contributed by atoms with Gasteiger partial charge in [-0.2, -0.15) is 0 Å². The predicted octanol–water partition coefficient (Wildman–Crippen LogP) is 8.65. The van der Waals surface area contributed by atoms with Gasteiger partial charge in [-0.3, -0.25) is 0 Å². The van der Waals surface area contributed by atoms with E-state index in [1.54, 1.807) is 11.1 Å². The average molecular weight is 449 g/mol. The quantitative estimate of drug-likeness (QED) is 0.288. The Kier molecular flexibility index (Phi) is 4.96. The lowest BCUT2D eigenvalue weighted by Crippen LogP contribution is -2.36. The van der Waals surface area contributed by atoms with E-state index in [0.29, 0.717) is 5.92 Å². The molecule has 4 aromatic rings. The number of aryl methyl sites for hydroxylation is 2. The van der Waals surface area contributed by atoms with Gasteiger partial charge in [0.2, 0.25) is 0 Å². The molecule has 164 valence electrons. The van der Waals surface area contributed by atoms with Gasteiger partial charge >= 0.3 is 0 Å². The van der Waals surface area contributed by atoms with Gasteiger partial charge in [-0.05, 0) is 101 Å². The lowest BCUT2D eigenvalue weighted by atomic mass is 9.58. The monoisotopic (exact) mass is 448 g/mol. The molecule has 0 heterocycles. The topological polar surface area (TPSA) is 0 Å². The molecule has 2 atom stereocenters. The molecule has 0 amide bonds. The minimum Gasteiger partial charge on any atom is -0.0843 e. The van der Waals surface area contributed by atoms with Crippen LogP contribution in [-0.4, -0.2) is 0 Å². The van der Waals surface area contributed by atoms with E-state index in [4.69, 9.17) is 11.6 Å². The third-order valence-corrected chi connectivity index (χ3v) is 8.37. The first-order valence-corrected chi connectivity index (χ1v) is 12.5. The Morgan fingerprint density at radius 2 is 1.61 bits per heavy atom. The fraction of sp³-hybridized carbons (Fsp3) is 0.250. The van der Waals surface area contributed by atoms with Crippen LogP contribution in [0.5, 0.6) is 0 Å². The molecule has 0 nitrogen and oxygen atoms in total. The molecular formula is C32H29Cl. The molecule has 2 aliphatic rings. The van der Waals surface area contributed by atoms with Gasteiger partial charge in [-0.15, -0.1) is 0 Å². The van der Waals surface area contributed by atoms with E-state index in [2.05, 4.69) is 92.7 Å². The van der Waals surface area contributed by atoms with Gasteiger partial charge in [0.15, 0.2) is 0 Å². The second kappa shape index (κ2) is 7.89. The number of hydrogen-bond acceptors (Lipinski definition) is 0. The van der Waals surface area contributed by atoms with E-state index in [1.807, 2.05) is 6.07 Å². The summed E-state index contributed by atoms with van der Waals surface area (Å²) >= 11 is 6.58. The van der Waals surface area contributed by atoms with Crippen LogP contribution >= 0.6 is 11.6 Å². The van der Waals surface area contributed by atoms with Crippen molar-refractivity contribution in [2.45, 2.75) is 50.9 Å². The van der Waals surface area contributed by atoms with Crippen LogP contribution in [0.15, 0.2) is 84.9 Å². The van der Waals surface area contributed by atoms with Crippen LogP contribution in [0.4, 0.5) is 0 Å². The van der Waals surface area contributed by atoms with Crippen LogP contribution in [0.25, 0.3) is 11.1 Å². The molecule has 0 radical (unpaired) electrons. The minimum atomic E-state index is -0.177. The van der Waals surface area contributed by atoms with Gasteiger partial charge in [0.05, 0.1) is 0 Å². The lowest BCUT2D eigenvalue weighted by molar-refractivity contribution is 0.452. The van der Waals surface area contributed by atoms with Gasteiger partial charge in [-0.1, -0.05) is 91.3 Å². The maximum Gasteiger partial charge on any atom is 0.0457 e. The number of hydrogen-bond donors (Lipinski definition) is 0. The van der Waals surface area contributed by atoms with E-state index in [-0.39, 0.29) is 5.41 Å². The molecule has 0 fully saturated rings. The second-order valence-electron chi connectivity index (χ2n) is 9.88. The Hall–Kier alpha value is -2.83. The van der Waals surface area contributed by atoms with E-state index in [0.717, 1.165) is 24.3 Å². The van der Waals surface area contributed by atoms with Crippen LogP contribution in [0, 0.1) is 6.92 Å². The summed E-state index contributed by atoms with van der Waals surface area (Å²) < 4.78 is 0.